The van der Waals surface area contributed by atoms with Crippen LogP contribution in [0.5, 0.6) is 0 Å². The number of hydrogen-bond donors (Lipinski definition) is 1. The summed E-state index contributed by atoms with van der Waals surface area (Å²) >= 11 is 1.36. The van der Waals surface area contributed by atoms with Crippen molar-refractivity contribution in [1.82, 2.24) is 14.5 Å². The molecule has 0 fully saturated rings. The highest BCUT2D eigenvalue weighted by Crippen LogP contribution is 2.25. The Morgan fingerprint density at radius 2 is 1.86 bits per heavy atom. The maximum atomic E-state index is 12.7. The second-order valence-electron chi connectivity index (χ2n) is 5.21. The van der Waals surface area contributed by atoms with E-state index in [1.165, 1.54) is 11.3 Å². The molecular formula is C14H27N3O2S2. The van der Waals surface area contributed by atoms with Gasteiger partial charge in [-0.3, -0.25) is 0 Å². The first-order chi connectivity index (χ1) is 9.91. The van der Waals surface area contributed by atoms with Crippen molar-refractivity contribution >= 4 is 21.4 Å². The Balaban J connectivity index is 2.86. The maximum Gasteiger partial charge on any atom is 0.252 e. The van der Waals surface area contributed by atoms with Gasteiger partial charge in [-0.05, 0) is 39.2 Å². The molecule has 0 saturated carbocycles. The summed E-state index contributed by atoms with van der Waals surface area (Å²) in [5, 5.41) is 3.22. The van der Waals surface area contributed by atoms with Gasteiger partial charge in [0.1, 0.15) is 4.21 Å². The lowest BCUT2D eigenvalue weighted by Crippen LogP contribution is -2.36. The summed E-state index contributed by atoms with van der Waals surface area (Å²) < 4.78 is 27.5. The van der Waals surface area contributed by atoms with Gasteiger partial charge in [-0.25, -0.2) is 8.42 Å². The van der Waals surface area contributed by atoms with E-state index in [1.807, 2.05) is 38.9 Å². The number of thiophene rings is 1. The molecule has 0 aliphatic heterocycles. The second kappa shape index (κ2) is 8.85. The van der Waals surface area contributed by atoms with E-state index in [0.29, 0.717) is 17.3 Å². The standard InChI is InChI=1S/C14H27N3O2S2/c1-5-9-17(11-10-16(3)4)21(18,19)14-8-7-13(20-14)12-15-6-2/h7-8,15H,5-6,9-12H2,1-4H3. The van der Waals surface area contributed by atoms with E-state index in [4.69, 9.17) is 0 Å². The Morgan fingerprint density at radius 1 is 1.14 bits per heavy atom. The Morgan fingerprint density at radius 3 is 2.43 bits per heavy atom. The lowest BCUT2D eigenvalue weighted by atomic mass is 10.4. The van der Waals surface area contributed by atoms with Crippen LogP contribution in [0.2, 0.25) is 0 Å². The van der Waals surface area contributed by atoms with Gasteiger partial charge in [-0.2, -0.15) is 4.31 Å². The first-order valence-corrected chi connectivity index (χ1v) is 9.61. The third kappa shape index (κ3) is 5.67. The van der Waals surface area contributed by atoms with Crippen LogP contribution in [-0.2, 0) is 16.6 Å². The molecular weight excluding hydrogens is 306 g/mol. The predicted octanol–water partition coefficient (Wildman–Crippen LogP) is 1.82. The molecule has 1 aromatic rings. The summed E-state index contributed by atoms with van der Waals surface area (Å²) in [4.78, 5) is 3.06. The second-order valence-corrected chi connectivity index (χ2v) is 8.54. The molecule has 0 unspecified atom stereocenters. The van der Waals surface area contributed by atoms with Crippen LogP contribution < -0.4 is 5.32 Å². The molecule has 0 atom stereocenters. The van der Waals surface area contributed by atoms with Crippen LogP contribution in [0.4, 0.5) is 0 Å². The van der Waals surface area contributed by atoms with Crippen LogP contribution in [0.25, 0.3) is 0 Å². The fourth-order valence-corrected chi connectivity index (χ4v) is 4.88. The highest BCUT2D eigenvalue weighted by Gasteiger charge is 2.25. The molecule has 7 heteroatoms. The van der Waals surface area contributed by atoms with Gasteiger partial charge in [0, 0.05) is 31.1 Å². The van der Waals surface area contributed by atoms with Crippen molar-refractivity contribution < 1.29 is 8.42 Å². The molecule has 1 aromatic heterocycles. The van der Waals surface area contributed by atoms with Gasteiger partial charge < -0.3 is 10.2 Å². The molecule has 0 aliphatic rings. The minimum atomic E-state index is -3.37. The quantitative estimate of drug-likeness (QED) is 0.710. The zero-order valence-electron chi connectivity index (χ0n) is 13.4. The summed E-state index contributed by atoms with van der Waals surface area (Å²) in [6, 6.07) is 3.63. The lowest BCUT2D eigenvalue weighted by Gasteiger charge is -2.22. The molecule has 122 valence electrons. The highest BCUT2D eigenvalue weighted by atomic mass is 32.2. The Hall–Kier alpha value is -0.470. The fourth-order valence-electron chi connectivity index (χ4n) is 1.88. The topological polar surface area (TPSA) is 52.7 Å². The SMILES string of the molecule is CCCN(CCN(C)C)S(=O)(=O)c1ccc(CNCC)s1. The van der Waals surface area contributed by atoms with Crippen molar-refractivity contribution in [1.29, 1.82) is 0 Å². The molecule has 0 amide bonds. The highest BCUT2D eigenvalue weighted by molar-refractivity contribution is 7.91. The van der Waals surface area contributed by atoms with Crippen molar-refractivity contribution in [3.63, 3.8) is 0 Å². The van der Waals surface area contributed by atoms with Crippen LogP contribution in [0.1, 0.15) is 25.1 Å². The zero-order chi connectivity index (χ0) is 15.9. The number of sulfonamides is 1. The molecule has 0 aliphatic carbocycles. The smallest absolute Gasteiger partial charge is 0.252 e. The lowest BCUT2D eigenvalue weighted by molar-refractivity contribution is 0.333. The molecule has 21 heavy (non-hydrogen) atoms. The van der Waals surface area contributed by atoms with Crippen LogP contribution in [0.15, 0.2) is 16.3 Å². The molecule has 0 saturated heterocycles. The van der Waals surface area contributed by atoms with Crippen LogP contribution in [0, 0.1) is 0 Å². The number of nitrogens with zero attached hydrogens (tertiary/aromatic N) is 2. The van der Waals surface area contributed by atoms with Gasteiger partial charge in [0.15, 0.2) is 0 Å². The number of rotatable bonds is 10. The maximum absolute atomic E-state index is 12.7. The van der Waals surface area contributed by atoms with E-state index in [2.05, 4.69) is 5.32 Å². The monoisotopic (exact) mass is 333 g/mol. The van der Waals surface area contributed by atoms with Crippen molar-refractivity contribution in [3.8, 4) is 0 Å². The number of hydrogen-bond acceptors (Lipinski definition) is 5. The minimum Gasteiger partial charge on any atom is -0.312 e. The van der Waals surface area contributed by atoms with Crippen molar-refractivity contribution in [2.24, 2.45) is 0 Å². The van der Waals surface area contributed by atoms with Gasteiger partial charge in [-0.1, -0.05) is 13.8 Å². The molecule has 0 aromatic carbocycles. The molecule has 1 N–H and O–H groups in total. The van der Waals surface area contributed by atoms with Gasteiger partial charge in [0.2, 0.25) is 0 Å². The first-order valence-electron chi connectivity index (χ1n) is 7.36. The van der Waals surface area contributed by atoms with E-state index in [9.17, 15) is 8.42 Å². The predicted molar refractivity (Wildman–Crippen MR) is 89.3 cm³/mol. The average molecular weight is 334 g/mol. The fraction of sp³-hybridized carbons (Fsp3) is 0.714. The van der Waals surface area contributed by atoms with Crippen molar-refractivity contribution in [2.75, 3.05) is 40.3 Å². The van der Waals surface area contributed by atoms with Crippen molar-refractivity contribution in [2.45, 2.75) is 31.0 Å². The van der Waals surface area contributed by atoms with Gasteiger partial charge in [-0.15, -0.1) is 11.3 Å². The third-order valence-electron chi connectivity index (χ3n) is 3.05. The molecule has 0 bridgehead atoms. The summed E-state index contributed by atoms with van der Waals surface area (Å²) in [6.45, 7) is 7.47. The first kappa shape index (κ1) is 18.6. The summed E-state index contributed by atoms with van der Waals surface area (Å²) in [5.74, 6) is 0. The van der Waals surface area contributed by atoms with E-state index < -0.39 is 10.0 Å². The molecule has 5 nitrogen and oxygen atoms in total. The normalized spacial score (nSPS) is 12.5. The molecule has 1 heterocycles. The van der Waals surface area contributed by atoms with Crippen LogP contribution >= 0.6 is 11.3 Å². The van der Waals surface area contributed by atoms with Crippen LogP contribution in [0.3, 0.4) is 0 Å². The Kier molecular flexibility index (Phi) is 7.83. The van der Waals surface area contributed by atoms with E-state index in [1.54, 1.807) is 10.4 Å². The van der Waals surface area contributed by atoms with E-state index in [0.717, 1.165) is 30.9 Å². The van der Waals surface area contributed by atoms with E-state index >= 15 is 0 Å². The van der Waals surface area contributed by atoms with Gasteiger partial charge in [0.05, 0.1) is 0 Å². The number of nitrogens with one attached hydrogen (secondary N) is 1. The molecule has 0 spiro atoms. The Bertz CT molecular complexity index is 512. The van der Waals surface area contributed by atoms with Crippen LogP contribution in [-0.4, -0.2) is 57.9 Å². The zero-order valence-corrected chi connectivity index (χ0v) is 15.1. The molecule has 0 radical (unpaired) electrons. The largest absolute Gasteiger partial charge is 0.312 e. The summed E-state index contributed by atoms with van der Waals surface area (Å²) in [6.07, 6.45) is 0.822. The number of likely N-dealkylation sites (N-methyl/N-ethyl adjacent to an activating group) is 1. The van der Waals surface area contributed by atoms with E-state index in [-0.39, 0.29) is 0 Å². The average Bonchev–Trinajstić information content (AvgIpc) is 2.90. The third-order valence-corrected chi connectivity index (χ3v) is 6.50. The van der Waals surface area contributed by atoms with Crippen molar-refractivity contribution in [3.05, 3.63) is 17.0 Å². The van der Waals surface area contributed by atoms with Gasteiger partial charge in [0.25, 0.3) is 10.0 Å². The Labute approximate surface area is 133 Å². The minimum absolute atomic E-state index is 0.447. The summed E-state index contributed by atoms with van der Waals surface area (Å²) in [5.41, 5.74) is 0. The van der Waals surface area contributed by atoms with Gasteiger partial charge >= 0.3 is 0 Å². The summed E-state index contributed by atoms with van der Waals surface area (Å²) in [7, 11) is 0.544. The molecule has 1 rings (SSSR count).